The normalized spacial score (nSPS) is 10.9. The second-order valence-corrected chi connectivity index (χ2v) is 8.15. The first-order valence-corrected chi connectivity index (χ1v) is 10.3. The Morgan fingerprint density at radius 2 is 1.23 bits per heavy atom. The third-order valence-electron chi connectivity index (χ3n) is 4.59. The Kier molecular flexibility index (Phi) is 7.55. The van der Waals surface area contributed by atoms with Crippen molar-refractivity contribution in [2.24, 2.45) is 0 Å². The van der Waals surface area contributed by atoms with Gasteiger partial charge in [0.05, 0.1) is 0 Å². The fourth-order valence-electron chi connectivity index (χ4n) is 2.87. The number of hydrogen-bond acceptors (Lipinski definition) is 4. The Bertz CT molecular complexity index is 945. The van der Waals surface area contributed by atoms with Crippen molar-refractivity contribution in [3.8, 4) is 17.2 Å². The molecule has 1 amide bonds. The van der Waals surface area contributed by atoms with E-state index >= 15 is 0 Å². The van der Waals surface area contributed by atoms with Gasteiger partial charge in [-0.3, -0.25) is 4.79 Å². The predicted molar refractivity (Wildman–Crippen MR) is 123 cm³/mol. The molecule has 31 heavy (non-hydrogen) atoms. The van der Waals surface area contributed by atoms with Crippen LogP contribution in [0.1, 0.15) is 26.3 Å². The zero-order valence-corrected chi connectivity index (χ0v) is 18.3. The molecule has 0 saturated heterocycles. The lowest BCUT2D eigenvalue weighted by atomic mass is 9.87. The standard InChI is InChI=1S/C26H29NO4/c1-26(2,3)20-9-13-24(14-10-20)31-19-25(28)27-21-11-15-23(16-12-21)30-18-17-29-22-7-5-4-6-8-22/h4-16H,17-19H2,1-3H3,(H,27,28). The summed E-state index contributed by atoms with van der Waals surface area (Å²) in [5.74, 6) is 1.98. The zero-order chi connectivity index (χ0) is 22.1. The largest absolute Gasteiger partial charge is 0.490 e. The molecule has 0 fully saturated rings. The van der Waals surface area contributed by atoms with E-state index in [0.29, 0.717) is 30.4 Å². The van der Waals surface area contributed by atoms with E-state index in [4.69, 9.17) is 14.2 Å². The highest BCUT2D eigenvalue weighted by Crippen LogP contribution is 2.24. The first-order valence-electron chi connectivity index (χ1n) is 10.3. The van der Waals surface area contributed by atoms with Crippen molar-refractivity contribution < 1.29 is 19.0 Å². The number of benzene rings is 3. The lowest BCUT2D eigenvalue weighted by molar-refractivity contribution is -0.118. The van der Waals surface area contributed by atoms with Gasteiger partial charge >= 0.3 is 0 Å². The number of carbonyl (C=O) groups is 1. The molecule has 3 aromatic carbocycles. The number of hydrogen-bond donors (Lipinski definition) is 1. The highest BCUT2D eigenvalue weighted by molar-refractivity contribution is 5.91. The van der Waals surface area contributed by atoms with Gasteiger partial charge in [0.1, 0.15) is 30.5 Å². The molecule has 162 valence electrons. The summed E-state index contributed by atoms with van der Waals surface area (Å²) in [6, 6.07) is 24.6. The van der Waals surface area contributed by atoms with Crippen LogP contribution in [0.5, 0.6) is 17.2 Å². The maximum absolute atomic E-state index is 12.2. The number of rotatable bonds is 9. The molecular weight excluding hydrogens is 390 g/mol. The number of para-hydroxylation sites is 1. The van der Waals surface area contributed by atoms with Crippen molar-refractivity contribution in [3.63, 3.8) is 0 Å². The van der Waals surface area contributed by atoms with E-state index in [9.17, 15) is 4.79 Å². The van der Waals surface area contributed by atoms with E-state index in [0.717, 1.165) is 5.75 Å². The van der Waals surface area contributed by atoms with Gasteiger partial charge in [-0.2, -0.15) is 0 Å². The second-order valence-electron chi connectivity index (χ2n) is 8.15. The first kappa shape index (κ1) is 22.2. The summed E-state index contributed by atoms with van der Waals surface area (Å²) in [6.45, 7) is 7.31. The monoisotopic (exact) mass is 419 g/mol. The van der Waals surface area contributed by atoms with Gasteiger partial charge in [0.2, 0.25) is 0 Å². The van der Waals surface area contributed by atoms with Crippen LogP contribution in [0.4, 0.5) is 5.69 Å². The van der Waals surface area contributed by atoms with Gasteiger partial charge in [-0.15, -0.1) is 0 Å². The van der Waals surface area contributed by atoms with Crippen LogP contribution in [0.15, 0.2) is 78.9 Å². The SMILES string of the molecule is CC(C)(C)c1ccc(OCC(=O)Nc2ccc(OCCOc3ccccc3)cc2)cc1. The molecule has 5 nitrogen and oxygen atoms in total. The Labute approximate surface area is 184 Å². The van der Waals surface area contributed by atoms with Crippen LogP contribution < -0.4 is 19.5 Å². The van der Waals surface area contributed by atoms with Gasteiger partial charge in [-0.1, -0.05) is 51.1 Å². The molecule has 0 aliphatic rings. The van der Waals surface area contributed by atoms with Crippen molar-refractivity contribution in [2.75, 3.05) is 25.1 Å². The molecule has 5 heteroatoms. The molecule has 0 unspecified atom stereocenters. The minimum absolute atomic E-state index is 0.0516. The minimum Gasteiger partial charge on any atom is -0.490 e. The number of nitrogens with one attached hydrogen (secondary N) is 1. The predicted octanol–water partition coefficient (Wildman–Crippen LogP) is 5.46. The van der Waals surface area contributed by atoms with Crippen molar-refractivity contribution in [3.05, 3.63) is 84.4 Å². The van der Waals surface area contributed by atoms with Gasteiger partial charge in [0.15, 0.2) is 6.61 Å². The van der Waals surface area contributed by atoms with Crippen LogP contribution in [0, 0.1) is 0 Å². The maximum Gasteiger partial charge on any atom is 0.262 e. The summed E-state index contributed by atoms with van der Waals surface area (Å²) in [5, 5.41) is 2.82. The van der Waals surface area contributed by atoms with Gasteiger partial charge < -0.3 is 19.5 Å². The fourth-order valence-corrected chi connectivity index (χ4v) is 2.87. The van der Waals surface area contributed by atoms with E-state index in [2.05, 4.69) is 26.1 Å². The van der Waals surface area contributed by atoms with Crippen molar-refractivity contribution >= 4 is 11.6 Å². The maximum atomic E-state index is 12.2. The average molecular weight is 420 g/mol. The first-order chi connectivity index (χ1) is 14.9. The van der Waals surface area contributed by atoms with Gasteiger partial charge in [-0.05, 0) is 59.5 Å². The molecule has 0 atom stereocenters. The Hall–Kier alpha value is -3.47. The molecule has 0 aliphatic carbocycles. The molecule has 0 heterocycles. The average Bonchev–Trinajstić information content (AvgIpc) is 2.77. The molecule has 0 saturated carbocycles. The number of ether oxygens (including phenoxy) is 3. The van der Waals surface area contributed by atoms with Crippen LogP contribution in [0.2, 0.25) is 0 Å². The third kappa shape index (κ3) is 7.37. The van der Waals surface area contributed by atoms with Gasteiger partial charge in [0, 0.05) is 5.69 Å². The van der Waals surface area contributed by atoms with Gasteiger partial charge in [-0.25, -0.2) is 0 Å². The van der Waals surface area contributed by atoms with Crippen LogP contribution in [0.25, 0.3) is 0 Å². The van der Waals surface area contributed by atoms with Crippen LogP contribution in [0.3, 0.4) is 0 Å². The summed E-state index contributed by atoms with van der Waals surface area (Å²) >= 11 is 0. The van der Waals surface area contributed by atoms with Crippen LogP contribution >= 0.6 is 0 Å². The number of amides is 1. The Morgan fingerprint density at radius 1 is 0.710 bits per heavy atom. The lowest BCUT2D eigenvalue weighted by Gasteiger charge is -2.19. The van der Waals surface area contributed by atoms with E-state index in [1.165, 1.54) is 5.56 Å². The lowest BCUT2D eigenvalue weighted by Crippen LogP contribution is -2.20. The summed E-state index contributed by atoms with van der Waals surface area (Å²) in [6.07, 6.45) is 0. The molecule has 0 aliphatic heterocycles. The summed E-state index contributed by atoms with van der Waals surface area (Å²) < 4.78 is 16.8. The van der Waals surface area contributed by atoms with E-state index < -0.39 is 0 Å². The van der Waals surface area contributed by atoms with Crippen LogP contribution in [-0.4, -0.2) is 25.7 Å². The molecule has 0 spiro atoms. The van der Waals surface area contributed by atoms with Crippen molar-refractivity contribution in [2.45, 2.75) is 26.2 Å². The zero-order valence-electron chi connectivity index (χ0n) is 18.3. The number of carbonyl (C=O) groups excluding carboxylic acids is 1. The second kappa shape index (κ2) is 10.5. The topological polar surface area (TPSA) is 56.8 Å². The van der Waals surface area contributed by atoms with E-state index in [-0.39, 0.29) is 17.9 Å². The molecule has 0 radical (unpaired) electrons. The summed E-state index contributed by atoms with van der Waals surface area (Å²) in [5.41, 5.74) is 1.99. The Morgan fingerprint density at radius 3 is 1.81 bits per heavy atom. The highest BCUT2D eigenvalue weighted by atomic mass is 16.5. The molecule has 0 bridgehead atoms. The highest BCUT2D eigenvalue weighted by Gasteiger charge is 2.13. The molecule has 1 N–H and O–H groups in total. The third-order valence-corrected chi connectivity index (χ3v) is 4.59. The molecular formula is C26H29NO4. The molecule has 3 rings (SSSR count). The minimum atomic E-state index is -0.218. The Balaban J connectivity index is 1.38. The summed E-state index contributed by atoms with van der Waals surface area (Å²) in [7, 11) is 0. The number of anilines is 1. The van der Waals surface area contributed by atoms with Gasteiger partial charge in [0.25, 0.3) is 5.91 Å². The quantitative estimate of drug-likeness (QED) is 0.468. The van der Waals surface area contributed by atoms with E-state index in [1.54, 1.807) is 12.1 Å². The van der Waals surface area contributed by atoms with Crippen molar-refractivity contribution in [1.29, 1.82) is 0 Å². The van der Waals surface area contributed by atoms with E-state index in [1.807, 2.05) is 66.7 Å². The van der Waals surface area contributed by atoms with Crippen LogP contribution in [-0.2, 0) is 10.2 Å². The smallest absolute Gasteiger partial charge is 0.262 e. The molecule has 0 aromatic heterocycles. The molecule has 3 aromatic rings. The summed E-state index contributed by atoms with van der Waals surface area (Å²) in [4.78, 5) is 12.2. The fraction of sp³-hybridized carbons (Fsp3) is 0.269. The van der Waals surface area contributed by atoms with Crippen molar-refractivity contribution in [1.82, 2.24) is 0 Å².